The molecule has 0 aliphatic carbocycles. The van der Waals surface area contributed by atoms with Crippen LogP contribution >= 0.6 is 11.8 Å². The zero-order valence-corrected chi connectivity index (χ0v) is 12.4. The molecule has 3 rings (SSSR count). The van der Waals surface area contributed by atoms with Crippen molar-refractivity contribution < 1.29 is 0 Å². The summed E-state index contributed by atoms with van der Waals surface area (Å²) in [5, 5.41) is 7.61. The maximum absolute atomic E-state index is 4.48. The molecule has 0 saturated carbocycles. The van der Waals surface area contributed by atoms with Crippen LogP contribution in [-0.2, 0) is 0 Å². The summed E-state index contributed by atoms with van der Waals surface area (Å²) in [7, 11) is 0. The Kier molecular flexibility index (Phi) is 3.61. The fourth-order valence-corrected chi connectivity index (χ4v) is 3.01. The number of aryl methyl sites for hydroxylation is 2. The highest BCUT2D eigenvalue weighted by molar-refractivity contribution is 8.17. The molecule has 100 valence electrons. The Bertz CT molecular complexity index is 687. The van der Waals surface area contributed by atoms with E-state index >= 15 is 0 Å². The number of benzene rings is 2. The average Bonchev–Trinajstić information content (AvgIpc) is 2.48. The third kappa shape index (κ3) is 2.63. The monoisotopic (exact) mass is 280 g/mol. The van der Waals surface area contributed by atoms with Crippen LogP contribution in [0.5, 0.6) is 0 Å². The number of hydrogen-bond donors (Lipinski definition) is 1. The lowest BCUT2D eigenvalue weighted by Gasteiger charge is -2.16. The number of thioether (sulfide) groups is 1. The Balaban J connectivity index is 1.82. The first kappa shape index (κ1) is 13.0. The molecule has 3 heteroatoms. The molecule has 0 amide bonds. The number of hydrazone groups is 1. The van der Waals surface area contributed by atoms with Crippen LogP contribution in [0.4, 0.5) is 0 Å². The van der Waals surface area contributed by atoms with E-state index in [9.17, 15) is 0 Å². The van der Waals surface area contributed by atoms with E-state index in [0.29, 0.717) is 0 Å². The number of nitrogens with one attached hydrogen (secondary N) is 1. The van der Waals surface area contributed by atoms with E-state index in [1.165, 1.54) is 16.7 Å². The summed E-state index contributed by atoms with van der Waals surface area (Å²) in [6, 6.07) is 16.7. The van der Waals surface area contributed by atoms with Gasteiger partial charge in [0.25, 0.3) is 0 Å². The highest BCUT2D eigenvalue weighted by atomic mass is 32.2. The predicted octanol–water partition coefficient (Wildman–Crippen LogP) is 4.30. The van der Waals surface area contributed by atoms with E-state index in [0.717, 1.165) is 16.3 Å². The summed E-state index contributed by atoms with van der Waals surface area (Å²) < 4.78 is 0. The fraction of sp³-hybridized carbons (Fsp3) is 0.118. The van der Waals surface area contributed by atoms with Gasteiger partial charge in [-0.05, 0) is 19.4 Å². The lowest BCUT2D eigenvalue weighted by atomic mass is 10.0. The van der Waals surface area contributed by atoms with E-state index in [2.05, 4.69) is 60.1 Å². The van der Waals surface area contributed by atoms with Gasteiger partial charge in [0.1, 0.15) is 5.04 Å². The van der Waals surface area contributed by atoms with Gasteiger partial charge in [-0.3, -0.25) is 5.43 Å². The van der Waals surface area contributed by atoms with Crippen molar-refractivity contribution in [3.63, 3.8) is 0 Å². The lowest BCUT2D eigenvalue weighted by molar-refractivity contribution is 0.992. The van der Waals surface area contributed by atoms with Crippen LogP contribution in [-0.4, -0.2) is 5.04 Å². The van der Waals surface area contributed by atoms with Gasteiger partial charge < -0.3 is 0 Å². The summed E-state index contributed by atoms with van der Waals surface area (Å²) in [6.07, 6.45) is 0. The van der Waals surface area contributed by atoms with E-state index in [1.54, 1.807) is 11.8 Å². The van der Waals surface area contributed by atoms with Gasteiger partial charge in [-0.1, -0.05) is 65.9 Å². The molecule has 0 radical (unpaired) electrons. The minimum atomic E-state index is 0.999. The third-order valence-electron chi connectivity index (χ3n) is 3.26. The minimum absolute atomic E-state index is 0.999. The van der Waals surface area contributed by atoms with Gasteiger partial charge in [-0.25, -0.2) is 0 Å². The minimum Gasteiger partial charge on any atom is -0.276 e. The predicted molar refractivity (Wildman–Crippen MR) is 87.6 cm³/mol. The molecule has 0 saturated heterocycles. The molecule has 2 aromatic rings. The zero-order chi connectivity index (χ0) is 13.9. The second-order valence-corrected chi connectivity index (χ2v) is 5.72. The van der Waals surface area contributed by atoms with Crippen LogP contribution in [0, 0.1) is 13.8 Å². The Morgan fingerprint density at radius 1 is 1.00 bits per heavy atom. The first-order chi connectivity index (χ1) is 9.74. The SMILES string of the molecule is Cc1ccc(C2=CSC(c3ccccc3)=NN2)c(C)c1. The van der Waals surface area contributed by atoms with Crippen molar-refractivity contribution in [2.45, 2.75) is 13.8 Å². The van der Waals surface area contributed by atoms with Gasteiger partial charge in [0, 0.05) is 16.5 Å². The largest absolute Gasteiger partial charge is 0.276 e. The molecule has 20 heavy (non-hydrogen) atoms. The Labute approximate surface area is 123 Å². The van der Waals surface area contributed by atoms with Crippen molar-refractivity contribution in [1.29, 1.82) is 0 Å². The van der Waals surface area contributed by atoms with Crippen molar-refractivity contribution in [1.82, 2.24) is 5.43 Å². The van der Waals surface area contributed by atoms with Crippen LogP contribution in [0.1, 0.15) is 22.3 Å². The first-order valence-corrected chi connectivity index (χ1v) is 7.45. The van der Waals surface area contributed by atoms with Crippen molar-refractivity contribution in [3.8, 4) is 0 Å². The first-order valence-electron chi connectivity index (χ1n) is 6.57. The van der Waals surface area contributed by atoms with Crippen LogP contribution < -0.4 is 5.43 Å². The fourth-order valence-electron chi connectivity index (χ4n) is 2.23. The molecule has 1 heterocycles. The molecule has 0 unspecified atom stereocenters. The van der Waals surface area contributed by atoms with Crippen LogP contribution in [0.25, 0.3) is 5.70 Å². The molecule has 2 nitrogen and oxygen atoms in total. The van der Waals surface area contributed by atoms with Gasteiger partial charge >= 0.3 is 0 Å². The summed E-state index contributed by atoms with van der Waals surface area (Å²) in [4.78, 5) is 0. The summed E-state index contributed by atoms with van der Waals surface area (Å²) in [5.74, 6) is 0. The molecular weight excluding hydrogens is 264 g/mol. The topological polar surface area (TPSA) is 24.4 Å². The molecular formula is C17H16N2S. The Hall–Kier alpha value is -2.00. The second-order valence-electron chi connectivity index (χ2n) is 4.86. The molecule has 1 N–H and O–H groups in total. The zero-order valence-electron chi connectivity index (χ0n) is 11.6. The Morgan fingerprint density at radius 3 is 2.45 bits per heavy atom. The second kappa shape index (κ2) is 5.55. The maximum atomic E-state index is 4.48. The molecule has 0 fully saturated rings. The molecule has 0 atom stereocenters. The number of hydrogen-bond acceptors (Lipinski definition) is 3. The number of rotatable bonds is 2. The van der Waals surface area contributed by atoms with E-state index in [-0.39, 0.29) is 0 Å². The molecule has 0 bridgehead atoms. The molecule has 2 aromatic carbocycles. The van der Waals surface area contributed by atoms with Crippen LogP contribution in [0.3, 0.4) is 0 Å². The smallest absolute Gasteiger partial charge is 0.128 e. The van der Waals surface area contributed by atoms with E-state index in [1.807, 2.05) is 18.2 Å². The lowest BCUT2D eigenvalue weighted by Crippen LogP contribution is -2.13. The van der Waals surface area contributed by atoms with Crippen molar-refractivity contribution in [2.24, 2.45) is 5.10 Å². The normalized spacial score (nSPS) is 14.3. The average molecular weight is 280 g/mol. The van der Waals surface area contributed by atoms with Crippen molar-refractivity contribution in [3.05, 3.63) is 76.2 Å². The van der Waals surface area contributed by atoms with Gasteiger partial charge in [-0.15, -0.1) is 0 Å². The highest BCUT2D eigenvalue weighted by Crippen LogP contribution is 2.26. The van der Waals surface area contributed by atoms with E-state index in [4.69, 9.17) is 0 Å². The van der Waals surface area contributed by atoms with Crippen molar-refractivity contribution in [2.75, 3.05) is 0 Å². The van der Waals surface area contributed by atoms with Crippen molar-refractivity contribution >= 4 is 22.5 Å². The quantitative estimate of drug-likeness (QED) is 0.887. The summed E-state index contributed by atoms with van der Waals surface area (Å²) >= 11 is 1.66. The summed E-state index contributed by atoms with van der Waals surface area (Å²) in [5.41, 5.74) is 9.13. The maximum Gasteiger partial charge on any atom is 0.128 e. The number of nitrogens with zero attached hydrogens (tertiary/aromatic N) is 1. The van der Waals surface area contributed by atoms with Gasteiger partial charge in [0.2, 0.25) is 0 Å². The van der Waals surface area contributed by atoms with Gasteiger partial charge in [-0.2, -0.15) is 5.10 Å². The van der Waals surface area contributed by atoms with Gasteiger partial charge in [0.05, 0.1) is 5.70 Å². The van der Waals surface area contributed by atoms with Crippen LogP contribution in [0.15, 0.2) is 59.0 Å². The third-order valence-corrected chi connectivity index (χ3v) is 4.16. The molecule has 0 spiro atoms. The molecule has 1 aliphatic rings. The van der Waals surface area contributed by atoms with Crippen LogP contribution in [0.2, 0.25) is 0 Å². The standard InChI is InChI=1S/C17H16N2S/c1-12-8-9-15(13(2)10-12)16-11-20-17(19-18-16)14-6-4-3-5-7-14/h3-11,18H,1-2H3. The van der Waals surface area contributed by atoms with Gasteiger partial charge in [0.15, 0.2) is 0 Å². The highest BCUT2D eigenvalue weighted by Gasteiger charge is 2.12. The Morgan fingerprint density at radius 2 is 1.80 bits per heavy atom. The molecule has 1 aliphatic heterocycles. The van der Waals surface area contributed by atoms with E-state index < -0.39 is 0 Å². The summed E-state index contributed by atoms with van der Waals surface area (Å²) in [6.45, 7) is 4.24. The molecule has 0 aromatic heterocycles.